The highest BCUT2D eigenvalue weighted by atomic mass is 16.6. The van der Waals surface area contributed by atoms with Crippen molar-refractivity contribution in [2.75, 3.05) is 20.3 Å². The van der Waals surface area contributed by atoms with Crippen LogP contribution in [-0.2, 0) is 23.7 Å². The second kappa shape index (κ2) is 10.1. The highest BCUT2D eigenvalue weighted by molar-refractivity contribution is 5.78. The van der Waals surface area contributed by atoms with Gasteiger partial charge in [0.15, 0.2) is 0 Å². The Morgan fingerprint density at radius 3 is 2.32 bits per heavy atom. The van der Waals surface area contributed by atoms with Gasteiger partial charge in [-0.1, -0.05) is 11.6 Å². The van der Waals surface area contributed by atoms with Crippen molar-refractivity contribution in [1.82, 2.24) is 10.6 Å². The second-order valence-electron chi connectivity index (χ2n) is 10.8. The van der Waals surface area contributed by atoms with Crippen LogP contribution in [0, 0.1) is 5.92 Å². The van der Waals surface area contributed by atoms with Crippen LogP contribution in [0.4, 0.5) is 4.79 Å². The Hall–Kier alpha value is -1.68. The van der Waals surface area contributed by atoms with Gasteiger partial charge in [-0.05, 0) is 65.7 Å². The molecule has 0 radical (unpaired) electrons. The summed E-state index contributed by atoms with van der Waals surface area (Å²) in [5, 5.41) is 5.95. The summed E-state index contributed by atoms with van der Waals surface area (Å²) in [7, 11) is 1.68. The zero-order chi connectivity index (χ0) is 24.5. The Morgan fingerprint density at radius 2 is 1.76 bits per heavy atom. The largest absolute Gasteiger partial charge is 0.443 e. The first kappa shape index (κ1) is 25.4. The molecule has 6 atom stereocenters. The molecule has 192 valence electrons. The van der Waals surface area contributed by atoms with Gasteiger partial charge in [0.05, 0.1) is 25.2 Å². The lowest BCUT2D eigenvalue weighted by molar-refractivity contribution is -0.120. The number of rotatable bonds is 8. The smallest absolute Gasteiger partial charge is 0.407 e. The van der Waals surface area contributed by atoms with Crippen LogP contribution in [0.1, 0.15) is 65.7 Å². The Labute approximate surface area is 202 Å². The van der Waals surface area contributed by atoms with Gasteiger partial charge in [-0.3, -0.25) is 4.79 Å². The predicted molar refractivity (Wildman–Crippen MR) is 126 cm³/mol. The van der Waals surface area contributed by atoms with Crippen molar-refractivity contribution in [2.24, 2.45) is 11.7 Å². The minimum Gasteiger partial charge on any atom is -0.443 e. The van der Waals surface area contributed by atoms with E-state index in [1.165, 1.54) is 5.57 Å². The molecule has 4 rings (SSSR count). The minimum atomic E-state index is -0.407. The van der Waals surface area contributed by atoms with Crippen LogP contribution >= 0.6 is 0 Å². The molecule has 2 aliphatic heterocycles. The van der Waals surface area contributed by atoms with E-state index in [1.807, 2.05) is 0 Å². The van der Waals surface area contributed by atoms with Gasteiger partial charge < -0.3 is 35.3 Å². The van der Waals surface area contributed by atoms with Crippen molar-refractivity contribution in [3.8, 4) is 0 Å². The van der Waals surface area contributed by atoms with E-state index in [9.17, 15) is 9.59 Å². The highest BCUT2D eigenvalue weighted by Crippen LogP contribution is 2.59. The quantitative estimate of drug-likeness (QED) is 0.360. The molecule has 34 heavy (non-hydrogen) atoms. The van der Waals surface area contributed by atoms with Gasteiger partial charge in [0.1, 0.15) is 23.4 Å². The van der Waals surface area contributed by atoms with Crippen LogP contribution in [0.25, 0.3) is 0 Å². The maximum absolute atomic E-state index is 12.8. The Morgan fingerprint density at radius 1 is 1.12 bits per heavy atom. The lowest BCUT2D eigenvalue weighted by Crippen LogP contribution is -2.56. The van der Waals surface area contributed by atoms with Crippen LogP contribution in [0.5, 0.6) is 0 Å². The third-order valence-electron chi connectivity index (χ3n) is 8.10. The van der Waals surface area contributed by atoms with Crippen LogP contribution in [0.15, 0.2) is 11.6 Å². The van der Waals surface area contributed by atoms with E-state index in [0.29, 0.717) is 13.0 Å². The second-order valence-corrected chi connectivity index (χ2v) is 10.8. The van der Waals surface area contributed by atoms with Crippen LogP contribution < -0.4 is 16.4 Å². The first-order valence-electron chi connectivity index (χ1n) is 12.7. The number of hydrogen-bond acceptors (Lipinski definition) is 7. The van der Waals surface area contributed by atoms with Crippen molar-refractivity contribution in [2.45, 2.75) is 107 Å². The number of carbonyl (C=O) groups is 2. The number of nitrogens with one attached hydrogen (secondary N) is 2. The van der Waals surface area contributed by atoms with E-state index in [2.05, 4.69) is 37.5 Å². The van der Waals surface area contributed by atoms with Crippen LogP contribution in [0.3, 0.4) is 0 Å². The van der Waals surface area contributed by atoms with Gasteiger partial charge in [-0.25, -0.2) is 4.79 Å². The molecule has 0 aromatic heterocycles. The Balaban J connectivity index is 1.32. The summed E-state index contributed by atoms with van der Waals surface area (Å²) in [6, 6.07) is 0.158. The molecule has 9 heteroatoms. The molecule has 2 saturated heterocycles. The van der Waals surface area contributed by atoms with E-state index >= 15 is 0 Å². The number of alkyl carbamates (subject to hydrolysis) is 1. The van der Waals surface area contributed by atoms with Gasteiger partial charge in [0, 0.05) is 19.2 Å². The van der Waals surface area contributed by atoms with Crippen LogP contribution in [-0.4, -0.2) is 73.9 Å². The number of allylic oxidation sites excluding steroid dienone is 1. The van der Waals surface area contributed by atoms with Gasteiger partial charge >= 0.3 is 6.09 Å². The summed E-state index contributed by atoms with van der Waals surface area (Å²) < 4.78 is 24.1. The molecule has 0 aromatic rings. The lowest BCUT2D eigenvalue weighted by Gasteiger charge is -2.42. The van der Waals surface area contributed by atoms with E-state index in [-0.39, 0.29) is 60.0 Å². The normalized spacial score (nSPS) is 40.9. The highest BCUT2D eigenvalue weighted by Gasteiger charge is 2.72. The summed E-state index contributed by atoms with van der Waals surface area (Å²) in [6.45, 7) is 7.03. The fourth-order valence-electron chi connectivity index (χ4n) is 6.08. The predicted octanol–water partition coefficient (Wildman–Crippen LogP) is 2.18. The topological polar surface area (TPSA) is 128 Å². The number of nitrogens with two attached hydrogens (primary N) is 1. The van der Waals surface area contributed by atoms with E-state index < -0.39 is 6.09 Å². The summed E-state index contributed by atoms with van der Waals surface area (Å²) >= 11 is 0. The van der Waals surface area contributed by atoms with Gasteiger partial charge in [0.2, 0.25) is 5.91 Å². The van der Waals surface area contributed by atoms with Gasteiger partial charge in [-0.2, -0.15) is 0 Å². The Kier molecular flexibility index (Phi) is 7.57. The lowest BCUT2D eigenvalue weighted by atomic mass is 9.68. The molecular weight excluding hydrogens is 438 g/mol. The van der Waals surface area contributed by atoms with Crippen molar-refractivity contribution in [3.63, 3.8) is 0 Å². The van der Waals surface area contributed by atoms with Gasteiger partial charge in [0.25, 0.3) is 0 Å². The Bertz CT molecular complexity index is 788. The molecular formula is C25H41N3O6. The maximum atomic E-state index is 12.8. The number of hydrogen-bond donors (Lipinski definition) is 3. The third kappa shape index (κ3) is 5.42. The molecule has 1 spiro atoms. The summed E-state index contributed by atoms with van der Waals surface area (Å²) in [4.78, 5) is 24.3. The van der Waals surface area contributed by atoms with Crippen molar-refractivity contribution < 1.29 is 28.5 Å². The summed E-state index contributed by atoms with van der Waals surface area (Å²) in [6.07, 6.45) is 6.88. The fraction of sp³-hybridized carbons (Fsp3) is 0.840. The molecule has 3 unspecified atom stereocenters. The average molecular weight is 480 g/mol. The zero-order valence-corrected chi connectivity index (χ0v) is 20.9. The average Bonchev–Trinajstić information content (AvgIpc) is 3.72. The number of carbonyl (C=O) groups excluding carboxylic acids is 2. The van der Waals surface area contributed by atoms with E-state index in [4.69, 9.17) is 24.7 Å². The van der Waals surface area contributed by atoms with Crippen molar-refractivity contribution in [1.29, 1.82) is 0 Å². The molecule has 9 nitrogen and oxygen atoms in total. The third-order valence-corrected chi connectivity index (χ3v) is 8.10. The SMILES string of the molecule is COC1C(OC(=O)NC2CCC(NC(=O)CN)CC2)CC[C@]2(CO2)C1[C@]1(C)O[C@@H]1CC=C(C)C. The molecule has 4 fully saturated rings. The first-order valence-corrected chi connectivity index (χ1v) is 12.7. The van der Waals surface area contributed by atoms with Crippen LogP contribution in [0.2, 0.25) is 0 Å². The summed E-state index contributed by atoms with van der Waals surface area (Å²) in [5.74, 6) is -0.129. The van der Waals surface area contributed by atoms with E-state index in [1.54, 1.807) is 7.11 Å². The molecule has 0 bridgehead atoms. The minimum absolute atomic E-state index is 0.000341. The molecule has 4 aliphatic rings. The first-order chi connectivity index (χ1) is 16.2. The molecule has 2 amide bonds. The summed E-state index contributed by atoms with van der Waals surface area (Å²) in [5.41, 5.74) is 6.06. The van der Waals surface area contributed by atoms with Crippen molar-refractivity contribution in [3.05, 3.63) is 11.6 Å². The molecule has 2 heterocycles. The zero-order valence-electron chi connectivity index (χ0n) is 20.9. The molecule has 2 saturated carbocycles. The number of epoxide rings is 2. The number of amides is 2. The fourth-order valence-corrected chi connectivity index (χ4v) is 6.08. The molecule has 2 aliphatic carbocycles. The van der Waals surface area contributed by atoms with Crippen molar-refractivity contribution >= 4 is 12.0 Å². The monoisotopic (exact) mass is 479 g/mol. The molecule has 4 N–H and O–H groups in total. The molecule has 0 aromatic carbocycles. The van der Waals surface area contributed by atoms with E-state index in [0.717, 1.165) is 38.5 Å². The maximum Gasteiger partial charge on any atom is 0.407 e. The standard InChI is InChI=1S/C25H41N3O6/c1-15(2)5-10-19-24(3,34-19)22-21(31-4)18(11-12-25(22)14-32-25)33-23(30)28-17-8-6-16(7-9-17)27-20(29)13-26/h5,16-19,21-22H,6-14,26H2,1-4H3,(H,27,29)(H,28,30)/t16?,17?,18?,19-,21?,22?,24-,25+/m1/s1. The number of methoxy groups -OCH3 is 1. The number of ether oxygens (including phenoxy) is 4. The van der Waals surface area contributed by atoms with Gasteiger partial charge in [-0.15, -0.1) is 0 Å².